The molecule has 1 aliphatic rings. The molecular weight excluding hydrogens is 358 g/mol. The standard InChI is InChI=1S/C22H23NO5/c1-22(2,12-13-24)18(21(27)28-14-15-8-4-3-5-9-15)23-19(25)16-10-6-7-11-17(16)20(23)26/h3-11,18,24H,12-14H2,1-2H3. The van der Waals surface area contributed by atoms with Crippen LogP contribution in [0.2, 0.25) is 0 Å². The topological polar surface area (TPSA) is 83.9 Å². The highest BCUT2D eigenvalue weighted by atomic mass is 16.5. The summed E-state index contributed by atoms with van der Waals surface area (Å²) in [4.78, 5) is 39.8. The lowest BCUT2D eigenvalue weighted by Crippen LogP contribution is -2.53. The first-order valence-corrected chi connectivity index (χ1v) is 9.15. The van der Waals surface area contributed by atoms with Gasteiger partial charge in [0.25, 0.3) is 11.8 Å². The van der Waals surface area contributed by atoms with E-state index in [1.807, 2.05) is 30.3 Å². The van der Waals surface area contributed by atoms with Gasteiger partial charge in [0.1, 0.15) is 12.6 Å². The average Bonchev–Trinajstić information content (AvgIpc) is 2.93. The van der Waals surface area contributed by atoms with E-state index in [0.717, 1.165) is 10.5 Å². The van der Waals surface area contributed by atoms with Gasteiger partial charge in [0.2, 0.25) is 0 Å². The average molecular weight is 381 g/mol. The van der Waals surface area contributed by atoms with E-state index in [9.17, 15) is 19.5 Å². The Morgan fingerprint density at radius 2 is 1.54 bits per heavy atom. The van der Waals surface area contributed by atoms with E-state index in [2.05, 4.69) is 0 Å². The number of aliphatic hydroxyl groups excluding tert-OH is 1. The van der Waals surface area contributed by atoms with Crippen molar-refractivity contribution >= 4 is 17.8 Å². The third-order valence-electron chi connectivity index (χ3n) is 5.03. The number of carbonyl (C=O) groups is 3. The molecule has 1 aliphatic heterocycles. The second-order valence-corrected chi connectivity index (χ2v) is 7.48. The van der Waals surface area contributed by atoms with Crippen molar-refractivity contribution < 1.29 is 24.2 Å². The number of carbonyl (C=O) groups excluding carboxylic acids is 3. The lowest BCUT2D eigenvalue weighted by Gasteiger charge is -2.37. The van der Waals surface area contributed by atoms with Gasteiger partial charge in [0, 0.05) is 6.61 Å². The van der Waals surface area contributed by atoms with Crippen LogP contribution in [0.15, 0.2) is 54.6 Å². The summed E-state index contributed by atoms with van der Waals surface area (Å²) in [6.07, 6.45) is 0.228. The number of hydrogen-bond donors (Lipinski definition) is 1. The number of aliphatic hydroxyl groups is 1. The van der Waals surface area contributed by atoms with Crippen molar-refractivity contribution in [1.82, 2.24) is 4.90 Å². The van der Waals surface area contributed by atoms with Gasteiger partial charge in [0.15, 0.2) is 0 Å². The number of ether oxygens (including phenoxy) is 1. The number of amides is 2. The van der Waals surface area contributed by atoms with E-state index in [1.165, 1.54) is 0 Å². The summed E-state index contributed by atoms with van der Waals surface area (Å²) in [6, 6.07) is 14.5. The lowest BCUT2D eigenvalue weighted by molar-refractivity contribution is -0.154. The normalized spacial score (nSPS) is 14.8. The number of esters is 1. The summed E-state index contributed by atoms with van der Waals surface area (Å²) in [6.45, 7) is 3.33. The summed E-state index contributed by atoms with van der Waals surface area (Å²) in [5.74, 6) is -1.71. The third kappa shape index (κ3) is 3.68. The highest BCUT2D eigenvalue weighted by Gasteiger charge is 2.49. The van der Waals surface area contributed by atoms with E-state index in [4.69, 9.17) is 4.74 Å². The molecule has 0 saturated heterocycles. The van der Waals surface area contributed by atoms with Gasteiger partial charge < -0.3 is 9.84 Å². The molecule has 28 heavy (non-hydrogen) atoms. The van der Waals surface area contributed by atoms with Crippen molar-refractivity contribution in [3.63, 3.8) is 0 Å². The van der Waals surface area contributed by atoms with Crippen LogP contribution in [0.4, 0.5) is 0 Å². The minimum Gasteiger partial charge on any atom is -0.459 e. The molecular formula is C22H23NO5. The summed E-state index contributed by atoms with van der Waals surface area (Å²) < 4.78 is 5.46. The maximum atomic E-state index is 13.0. The van der Waals surface area contributed by atoms with Gasteiger partial charge in [-0.15, -0.1) is 0 Å². The van der Waals surface area contributed by atoms with Gasteiger partial charge in [-0.2, -0.15) is 0 Å². The fourth-order valence-corrected chi connectivity index (χ4v) is 3.45. The number of fused-ring (bicyclic) bond motifs is 1. The van der Waals surface area contributed by atoms with Gasteiger partial charge in [-0.05, 0) is 29.5 Å². The summed E-state index contributed by atoms with van der Waals surface area (Å²) >= 11 is 0. The van der Waals surface area contributed by atoms with Crippen LogP contribution in [0.3, 0.4) is 0 Å². The highest BCUT2D eigenvalue weighted by Crippen LogP contribution is 2.35. The largest absolute Gasteiger partial charge is 0.459 e. The van der Waals surface area contributed by atoms with Gasteiger partial charge in [-0.1, -0.05) is 56.3 Å². The molecule has 1 heterocycles. The van der Waals surface area contributed by atoms with Crippen LogP contribution in [0.25, 0.3) is 0 Å². The molecule has 2 amide bonds. The summed E-state index contributed by atoms with van der Waals surface area (Å²) in [7, 11) is 0. The Morgan fingerprint density at radius 3 is 2.07 bits per heavy atom. The molecule has 2 aromatic rings. The predicted octanol–water partition coefficient (Wildman–Crippen LogP) is 2.80. The van der Waals surface area contributed by atoms with Crippen molar-refractivity contribution in [3.8, 4) is 0 Å². The molecule has 1 unspecified atom stereocenters. The Hall–Kier alpha value is -2.99. The third-order valence-corrected chi connectivity index (χ3v) is 5.03. The van der Waals surface area contributed by atoms with Crippen molar-refractivity contribution in [3.05, 3.63) is 71.3 Å². The molecule has 0 radical (unpaired) electrons. The van der Waals surface area contributed by atoms with Crippen molar-refractivity contribution in [2.24, 2.45) is 5.41 Å². The summed E-state index contributed by atoms with van der Waals surface area (Å²) in [5, 5.41) is 9.45. The molecule has 6 heteroatoms. The van der Waals surface area contributed by atoms with E-state index >= 15 is 0 Å². The number of benzene rings is 2. The number of hydrogen-bond acceptors (Lipinski definition) is 5. The van der Waals surface area contributed by atoms with Gasteiger partial charge in [0.05, 0.1) is 11.1 Å². The van der Waals surface area contributed by atoms with Crippen LogP contribution in [0.5, 0.6) is 0 Å². The quantitative estimate of drug-likeness (QED) is 0.589. The minimum absolute atomic E-state index is 0.0363. The van der Waals surface area contributed by atoms with Gasteiger partial charge >= 0.3 is 5.97 Å². The van der Waals surface area contributed by atoms with Gasteiger partial charge in [-0.25, -0.2) is 4.79 Å². The van der Waals surface area contributed by atoms with Crippen molar-refractivity contribution in [2.45, 2.75) is 32.9 Å². The van der Waals surface area contributed by atoms with Crippen LogP contribution in [-0.2, 0) is 16.1 Å². The molecule has 1 N–H and O–H groups in total. The number of rotatable bonds is 7. The molecule has 3 rings (SSSR count). The van der Waals surface area contributed by atoms with Crippen molar-refractivity contribution in [1.29, 1.82) is 0 Å². The van der Waals surface area contributed by atoms with Crippen LogP contribution in [-0.4, -0.2) is 40.4 Å². The molecule has 0 fully saturated rings. The number of imide groups is 1. The SMILES string of the molecule is CC(C)(CCO)C(C(=O)OCc1ccccc1)N1C(=O)c2ccccc2C1=O. The van der Waals surface area contributed by atoms with Crippen LogP contribution < -0.4 is 0 Å². The second-order valence-electron chi connectivity index (χ2n) is 7.48. The first-order chi connectivity index (χ1) is 13.4. The Bertz CT molecular complexity index is 856. The Balaban J connectivity index is 1.91. The number of nitrogens with zero attached hydrogens (tertiary/aromatic N) is 1. The molecule has 2 aromatic carbocycles. The zero-order valence-corrected chi connectivity index (χ0v) is 15.9. The lowest BCUT2D eigenvalue weighted by atomic mass is 9.80. The molecule has 146 valence electrons. The molecule has 0 aromatic heterocycles. The fraction of sp³-hybridized carbons (Fsp3) is 0.318. The van der Waals surface area contributed by atoms with Crippen LogP contribution in [0.1, 0.15) is 46.5 Å². The second kappa shape index (κ2) is 7.94. The first-order valence-electron chi connectivity index (χ1n) is 9.15. The van der Waals surface area contributed by atoms with Crippen LogP contribution >= 0.6 is 0 Å². The maximum absolute atomic E-state index is 13.0. The van der Waals surface area contributed by atoms with E-state index in [1.54, 1.807) is 38.1 Å². The zero-order chi connectivity index (χ0) is 20.3. The molecule has 0 bridgehead atoms. The summed E-state index contributed by atoms with van der Waals surface area (Å²) in [5.41, 5.74) is 0.480. The first kappa shape index (κ1) is 19.8. The maximum Gasteiger partial charge on any atom is 0.330 e. The zero-order valence-electron chi connectivity index (χ0n) is 15.9. The molecule has 0 aliphatic carbocycles. The van der Waals surface area contributed by atoms with Crippen LogP contribution in [0, 0.1) is 5.41 Å². The van der Waals surface area contributed by atoms with Crippen molar-refractivity contribution in [2.75, 3.05) is 6.61 Å². The minimum atomic E-state index is -1.14. The highest BCUT2D eigenvalue weighted by molar-refractivity contribution is 6.22. The molecule has 0 saturated carbocycles. The predicted molar refractivity (Wildman–Crippen MR) is 102 cm³/mol. The van der Waals surface area contributed by atoms with E-state index in [0.29, 0.717) is 0 Å². The Morgan fingerprint density at radius 1 is 1.00 bits per heavy atom. The van der Waals surface area contributed by atoms with E-state index < -0.39 is 29.2 Å². The smallest absolute Gasteiger partial charge is 0.330 e. The Kier molecular flexibility index (Phi) is 5.61. The molecule has 6 nitrogen and oxygen atoms in total. The van der Waals surface area contributed by atoms with E-state index in [-0.39, 0.29) is 30.8 Å². The Labute approximate surface area is 163 Å². The monoisotopic (exact) mass is 381 g/mol. The fourth-order valence-electron chi connectivity index (χ4n) is 3.45. The molecule has 0 spiro atoms. The molecule has 1 atom stereocenters. The van der Waals surface area contributed by atoms with Gasteiger partial charge in [-0.3, -0.25) is 14.5 Å².